The largest absolute Gasteiger partial charge is 0.492 e. The summed E-state index contributed by atoms with van der Waals surface area (Å²) in [5, 5.41) is 5.94. The summed E-state index contributed by atoms with van der Waals surface area (Å²) >= 11 is 6.13. The van der Waals surface area contributed by atoms with Crippen molar-refractivity contribution in [3.8, 4) is 17.0 Å². The maximum Gasteiger partial charge on any atom is 0.323 e. The highest BCUT2D eigenvalue weighted by atomic mass is 35.5. The fraction of sp³-hybridized carbons (Fsp3) is 0.111. The number of ether oxygens (including phenoxy) is 1. The van der Waals surface area contributed by atoms with E-state index in [1.165, 1.54) is 0 Å². The predicted molar refractivity (Wildman–Crippen MR) is 104 cm³/mol. The molecule has 3 aromatic rings. The lowest BCUT2D eigenvalue weighted by Crippen LogP contribution is -2.19. The van der Waals surface area contributed by atoms with Crippen molar-refractivity contribution in [1.29, 1.82) is 0 Å². The lowest BCUT2D eigenvalue weighted by atomic mass is 10.1. The smallest absolute Gasteiger partial charge is 0.323 e. The molecule has 1 aromatic heterocycles. The van der Waals surface area contributed by atoms with Gasteiger partial charge >= 0.3 is 6.03 Å². The van der Waals surface area contributed by atoms with Gasteiger partial charge in [-0.1, -0.05) is 23.7 Å². The second kappa shape index (κ2) is 7.79. The van der Waals surface area contributed by atoms with E-state index in [2.05, 4.69) is 20.6 Å². The Hall–Kier alpha value is -3.19. The van der Waals surface area contributed by atoms with Crippen LogP contribution < -0.4 is 21.1 Å². The van der Waals surface area contributed by atoms with Gasteiger partial charge in [0.15, 0.2) is 5.95 Å². The van der Waals surface area contributed by atoms with E-state index >= 15 is 0 Å². The van der Waals surface area contributed by atoms with Gasteiger partial charge in [0, 0.05) is 16.9 Å². The number of nitrogens with one attached hydrogen (secondary N) is 3. The third kappa shape index (κ3) is 4.25. The number of hydrogen-bond donors (Lipinski definition) is 4. The van der Waals surface area contributed by atoms with Gasteiger partial charge in [-0.05, 0) is 37.3 Å². The molecule has 0 radical (unpaired) electrons. The number of halogens is 1. The highest BCUT2D eigenvalue weighted by molar-refractivity contribution is 6.32. The number of anilines is 3. The number of rotatable bonds is 5. The summed E-state index contributed by atoms with van der Waals surface area (Å²) in [5.41, 5.74) is 8.42. The van der Waals surface area contributed by atoms with Crippen molar-refractivity contribution in [1.82, 2.24) is 9.97 Å². The summed E-state index contributed by atoms with van der Waals surface area (Å²) in [6.07, 6.45) is 1.64. The number of H-pyrrole nitrogens is 1. The van der Waals surface area contributed by atoms with E-state index in [0.717, 1.165) is 11.3 Å². The molecule has 5 N–H and O–H groups in total. The molecule has 0 spiro atoms. The zero-order chi connectivity index (χ0) is 18.5. The van der Waals surface area contributed by atoms with Gasteiger partial charge in [0.2, 0.25) is 0 Å². The standard InChI is InChI=1S/C18H18ClN5O2/c1-2-26-16-7-6-13(9-14(16)19)23-18(25)22-12-5-3-4-11(8-12)15-10-21-17(20)24-15/h3-10H,2H2,1H3,(H3,20,21,24)(H2,22,23,25). The maximum atomic E-state index is 12.2. The summed E-state index contributed by atoms with van der Waals surface area (Å²) in [5.74, 6) is 0.912. The van der Waals surface area contributed by atoms with Crippen LogP contribution in [0.4, 0.5) is 22.1 Å². The van der Waals surface area contributed by atoms with E-state index < -0.39 is 0 Å². The Kier molecular flexibility index (Phi) is 5.28. The average molecular weight is 372 g/mol. The van der Waals surface area contributed by atoms with E-state index in [4.69, 9.17) is 22.1 Å². The van der Waals surface area contributed by atoms with Crippen LogP contribution in [0.15, 0.2) is 48.7 Å². The molecule has 2 amide bonds. The Morgan fingerprint density at radius 1 is 1.23 bits per heavy atom. The zero-order valence-corrected chi connectivity index (χ0v) is 14.8. The number of hydrogen-bond acceptors (Lipinski definition) is 4. The molecule has 0 atom stereocenters. The molecule has 0 unspecified atom stereocenters. The van der Waals surface area contributed by atoms with Crippen molar-refractivity contribution in [3.63, 3.8) is 0 Å². The monoisotopic (exact) mass is 371 g/mol. The van der Waals surface area contributed by atoms with Crippen LogP contribution in [0.5, 0.6) is 5.75 Å². The lowest BCUT2D eigenvalue weighted by molar-refractivity contribution is 0.262. The molecule has 2 aromatic carbocycles. The van der Waals surface area contributed by atoms with E-state index in [1.54, 1.807) is 30.5 Å². The molecule has 0 aliphatic heterocycles. The Labute approximate surface area is 155 Å². The van der Waals surface area contributed by atoms with Crippen LogP contribution in [0.3, 0.4) is 0 Å². The molecule has 7 nitrogen and oxygen atoms in total. The number of aromatic nitrogens is 2. The fourth-order valence-corrected chi connectivity index (χ4v) is 2.63. The molecule has 0 aliphatic rings. The molecule has 0 saturated carbocycles. The first-order chi connectivity index (χ1) is 12.5. The SMILES string of the molecule is CCOc1ccc(NC(=O)Nc2cccc(-c3cnc(N)[nH]3)c2)cc1Cl. The number of nitrogens with two attached hydrogens (primary N) is 1. The summed E-state index contributed by atoms with van der Waals surface area (Å²) in [7, 11) is 0. The molecule has 0 aliphatic carbocycles. The van der Waals surface area contributed by atoms with Crippen molar-refractivity contribution in [2.24, 2.45) is 0 Å². The number of nitrogens with zero attached hydrogens (tertiary/aromatic N) is 1. The van der Waals surface area contributed by atoms with Crippen LogP contribution >= 0.6 is 11.6 Å². The van der Waals surface area contributed by atoms with Crippen LogP contribution in [0, 0.1) is 0 Å². The molecule has 1 heterocycles. The molecule has 26 heavy (non-hydrogen) atoms. The Morgan fingerprint density at radius 2 is 2.00 bits per heavy atom. The summed E-state index contributed by atoms with van der Waals surface area (Å²) in [4.78, 5) is 19.1. The van der Waals surface area contributed by atoms with E-state index in [-0.39, 0.29) is 6.03 Å². The van der Waals surface area contributed by atoms with Gasteiger partial charge in [-0.2, -0.15) is 0 Å². The minimum atomic E-state index is -0.383. The van der Waals surface area contributed by atoms with E-state index in [0.29, 0.717) is 34.7 Å². The number of carbonyl (C=O) groups excluding carboxylic acids is 1. The predicted octanol–water partition coefficient (Wildman–Crippen LogP) is 4.36. The van der Waals surface area contributed by atoms with Crippen molar-refractivity contribution >= 4 is 35.0 Å². The van der Waals surface area contributed by atoms with Gasteiger partial charge in [0.05, 0.1) is 23.5 Å². The third-order valence-corrected chi connectivity index (χ3v) is 3.81. The molecule has 3 rings (SSSR count). The van der Waals surface area contributed by atoms with Gasteiger partial charge in [-0.3, -0.25) is 0 Å². The van der Waals surface area contributed by atoms with Crippen molar-refractivity contribution in [2.75, 3.05) is 23.0 Å². The van der Waals surface area contributed by atoms with Gasteiger partial charge in [-0.25, -0.2) is 9.78 Å². The van der Waals surface area contributed by atoms with Crippen molar-refractivity contribution in [3.05, 3.63) is 53.7 Å². The first kappa shape index (κ1) is 17.6. The number of nitrogen functional groups attached to an aromatic ring is 1. The fourth-order valence-electron chi connectivity index (χ4n) is 2.39. The van der Waals surface area contributed by atoms with E-state index in [1.807, 2.05) is 25.1 Å². The second-order valence-electron chi connectivity index (χ2n) is 5.42. The minimum absolute atomic E-state index is 0.337. The number of amides is 2. The first-order valence-electron chi connectivity index (χ1n) is 7.96. The van der Waals surface area contributed by atoms with Crippen LogP contribution in [-0.2, 0) is 0 Å². The molecular weight excluding hydrogens is 354 g/mol. The molecular formula is C18H18ClN5O2. The first-order valence-corrected chi connectivity index (χ1v) is 8.34. The third-order valence-electron chi connectivity index (χ3n) is 3.52. The zero-order valence-electron chi connectivity index (χ0n) is 14.0. The van der Waals surface area contributed by atoms with Gasteiger partial charge in [0.1, 0.15) is 5.75 Å². The van der Waals surface area contributed by atoms with Gasteiger partial charge in [-0.15, -0.1) is 0 Å². The Morgan fingerprint density at radius 3 is 2.65 bits per heavy atom. The topological polar surface area (TPSA) is 105 Å². The quantitative estimate of drug-likeness (QED) is 0.534. The van der Waals surface area contributed by atoms with Gasteiger partial charge < -0.3 is 26.1 Å². The number of carbonyl (C=O) groups is 1. The molecule has 0 bridgehead atoms. The number of aromatic amines is 1. The summed E-state index contributed by atoms with van der Waals surface area (Å²) < 4.78 is 5.37. The number of imidazole rings is 1. The van der Waals surface area contributed by atoms with Crippen LogP contribution in [0.25, 0.3) is 11.3 Å². The summed E-state index contributed by atoms with van der Waals surface area (Å²) in [6, 6.07) is 12.0. The molecule has 0 saturated heterocycles. The highest BCUT2D eigenvalue weighted by Crippen LogP contribution is 2.28. The molecule has 134 valence electrons. The Balaban J connectivity index is 1.67. The van der Waals surface area contributed by atoms with Crippen molar-refractivity contribution < 1.29 is 9.53 Å². The minimum Gasteiger partial charge on any atom is -0.492 e. The van der Waals surface area contributed by atoms with Crippen LogP contribution in [-0.4, -0.2) is 22.6 Å². The van der Waals surface area contributed by atoms with Crippen molar-refractivity contribution in [2.45, 2.75) is 6.92 Å². The van der Waals surface area contributed by atoms with Gasteiger partial charge in [0.25, 0.3) is 0 Å². The Bertz CT molecular complexity index is 925. The number of benzene rings is 2. The average Bonchev–Trinajstić information content (AvgIpc) is 3.04. The van der Waals surface area contributed by atoms with Crippen LogP contribution in [0.1, 0.15) is 6.92 Å². The maximum absolute atomic E-state index is 12.2. The molecule has 8 heteroatoms. The lowest BCUT2D eigenvalue weighted by Gasteiger charge is -2.11. The molecule has 0 fully saturated rings. The summed E-state index contributed by atoms with van der Waals surface area (Å²) in [6.45, 7) is 2.40. The highest BCUT2D eigenvalue weighted by Gasteiger charge is 2.08. The van der Waals surface area contributed by atoms with E-state index in [9.17, 15) is 4.79 Å². The number of urea groups is 1. The normalized spacial score (nSPS) is 10.4. The van der Waals surface area contributed by atoms with Crippen LogP contribution in [0.2, 0.25) is 5.02 Å². The second-order valence-corrected chi connectivity index (χ2v) is 5.83.